The smallest absolute Gasteiger partial charge is 1.00 e. The Morgan fingerprint density at radius 1 is 0.900 bits per heavy atom. The van der Waals surface area contributed by atoms with Crippen LogP contribution in [0.15, 0.2) is 60.7 Å². The van der Waals surface area contributed by atoms with Gasteiger partial charge < -0.3 is 24.8 Å². The van der Waals surface area contributed by atoms with E-state index in [0.717, 1.165) is 30.3 Å². The molecule has 1 aliphatic carbocycles. The second-order valence-corrected chi connectivity index (χ2v) is 9.22. The largest absolute Gasteiger partial charge is 1.00 e. The summed E-state index contributed by atoms with van der Waals surface area (Å²) in [5.74, 6) is 0. The predicted molar refractivity (Wildman–Crippen MR) is 123 cm³/mol. The molecule has 0 heterocycles. The molecule has 0 fully saturated rings. The average Bonchev–Trinajstić information content (AvgIpc) is 3.32. The van der Waals surface area contributed by atoms with Crippen molar-refractivity contribution < 1.29 is 48.7 Å². The van der Waals surface area contributed by atoms with E-state index in [1.165, 1.54) is 32.7 Å². The second kappa shape index (κ2) is 12.2. The quantitative estimate of drug-likeness (QED) is 0.270. The topological polar surface area (TPSA) is 0 Å². The van der Waals surface area contributed by atoms with Gasteiger partial charge in [0.25, 0.3) is 0 Å². The van der Waals surface area contributed by atoms with Crippen LogP contribution in [-0.4, -0.2) is 4.26 Å². The van der Waals surface area contributed by atoms with Crippen LogP contribution in [0.25, 0.3) is 21.5 Å². The summed E-state index contributed by atoms with van der Waals surface area (Å²) in [6, 6.07) is 16.0. The van der Waals surface area contributed by atoms with Crippen molar-refractivity contribution in [1.29, 1.82) is 0 Å². The number of halogens is 2. The van der Waals surface area contributed by atoms with Crippen LogP contribution < -0.4 is 24.8 Å². The third-order valence-corrected chi connectivity index (χ3v) is 5.01. The number of benzene rings is 2. The van der Waals surface area contributed by atoms with Crippen LogP contribution in [0.4, 0.5) is 0 Å². The SMILES string of the molecule is CC(C)(C)c1ccc2[cH-]c3c(C(C)(C)C)cccc3c2c1.[C-]1=CC=CC1.[CH2]=[Hf+2].[Cl-].[Cl-]. The molecule has 0 bridgehead atoms. The Balaban J connectivity index is 0.000000809. The van der Waals surface area contributed by atoms with E-state index in [2.05, 4.69) is 100 Å². The maximum Gasteiger partial charge on any atom is -1.00 e. The summed E-state index contributed by atoms with van der Waals surface area (Å²) in [6.07, 6.45) is 10.0. The summed E-state index contributed by atoms with van der Waals surface area (Å²) in [5, 5.41) is 5.55. The first kappa shape index (κ1) is 29.1. The van der Waals surface area contributed by atoms with Crippen LogP contribution in [0.1, 0.15) is 59.1 Å². The van der Waals surface area contributed by atoms with Gasteiger partial charge in [0.15, 0.2) is 0 Å². The molecule has 0 spiro atoms. The van der Waals surface area contributed by atoms with Crippen molar-refractivity contribution in [2.75, 3.05) is 0 Å². The summed E-state index contributed by atoms with van der Waals surface area (Å²) >= 11 is 1.06. The van der Waals surface area contributed by atoms with E-state index in [0.29, 0.717) is 0 Å². The molecule has 0 atom stereocenters. The van der Waals surface area contributed by atoms with E-state index < -0.39 is 0 Å². The fourth-order valence-electron chi connectivity index (χ4n) is 3.49. The van der Waals surface area contributed by atoms with Crippen LogP contribution in [0.2, 0.25) is 0 Å². The predicted octanol–water partition coefficient (Wildman–Crippen LogP) is 1.59. The monoisotopic (exact) mass is 606 g/mol. The van der Waals surface area contributed by atoms with Crippen molar-refractivity contribution in [3.05, 3.63) is 77.9 Å². The minimum absolute atomic E-state index is 0. The maximum absolute atomic E-state index is 3.39. The van der Waals surface area contributed by atoms with Gasteiger partial charge in [0.2, 0.25) is 0 Å². The average molecular weight is 606 g/mol. The zero-order valence-corrected chi connectivity index (χ0v) is 24.0. The second-order valence-electron chi connectivity index (χ2n) is 9.22. The van der Waals surface area contributed by atoms with Crippen LogP contribution >= 0.6 is 0 Å². The van der Waals surface area contributed by atoms with Gasteiger partial charge in [-0.25, -0.2) is 12.2 Å². The van der Waals surface area contributed by atoms with E-state index in [4.69, 9.17) is 0 Å². The van der Waals surface area contributed by atoms with Gasteiger partial charge in [-0.1, -0.05) is 83.0 Å². The molecule has 0 unspecified atom stereocenters. The van der Waals surface area contributed by atoms with Gasteiger partial charge in [0.05, 0.1) is 0 Å². The minimum Gasteiger partial charge on any atom is -1.00 e. The van der Waals surface area contributed by atoms with Crippen LogP contribution in [0.3, 0.4) is 0 Å². The fraction of sp³-hybridized carbons (Fsp3) is 0.333. The maximum atomic E-state index is 3.39. The summed E-state index contributed by atoms with van der Waals surface area (Å²) < 4.78 is 3.39. The van der Waals surface area contributed by atoms with Gasteiger partial charge in [-0.3, -0.25) is 6.08 Å². The molecule has 0 saturated carbocycles. The van der Waals surface area contributed by atoms with E-state index in [1.54, 1.807) is 0 Å². The molecule has 0 amide bonds. The molecular formula is C27H32Cl2Hf-2. The zero-order chi connectivity index (χ0) is 20.9. The normalized spacial score (nSPS) is 12.4. The van der Waals surface area contributed by atoms with E-state index in [9.17, 15) is 0 Å². The zero-order valence-electron chi connectivity index (χ0n) is 18.9. The molecule has 0 radical (unpaired) electrons. The first-order valence-electron chi connectivity index (χ1n) is 9.88. The molecule has 0 aliphatic heterocycles. The number of rotatable bonds is 0. The van der Waals surface area contributed by atoms with Gasteiger partial charge in [-0.05, 0) is 10.8 Å². The van der Waals surface area contributed by atoms with Crippen molar-refractivity contribution in [2.45, 2.75) is 58.8 Å². The number of hydrogen-bond acceptors (Lipinski definition) is 0. The number of hydrogen-bond donors (Lipinski definition) is 0. The Labute approximate surface area is 210 Å². The molecule has 3 heteroatoms. The summed E-state index contributed by atoms with van der Waals surface area (Å²) in [4.78, 5) is 0. The van der Waals surface area contributed by atoms with Gasteiger partial charge in [-0.15, -0.1) is 40.1 Å². The third-order valence-electron chi connectivity index (χ3n) is 5.01. The molecule has 3 aromatic rings. The van der Waals surface area contributed by atoms with Crippen molar-refractivity contribution in [1.82, 2.24) is 0 Å². The molecule has 3 aromatic carbocycles. The molecular weight excluding hydrogens is 574 g/mol. The fourth-order valence-corrected chi connectivity index (χ4v) is 3.49. The summed E-state index contributed by atoms with van der Waals surface area (Å²) in [7, 11) is 0. The molecule has 0 N–H and O–H groups in total. The number of allylic oxidation sites excluding steroid dienone is 4. The van der Waals surface area contributed by atoms with Crippen LogP contribution in [0, 0.1) is 6.08 Å². The molecule has 30 heavy (non-hydrogen) atoms. The van der Waals surface area contributed by atoms with Crippen molar-refractivity contribution in [3.63, 3.8) is 0 Å². The number of fused-ring (bicyclic) bond motifs is 3. The Kier molecular flexibility index (Phi) is 11.9. The molecule has 1 aliphatic rings. The van der Waals surface area contributed by atoms with E-state index in [1.807, 2.05) is 12.2 Å². The molecule has 0 aromatic heterocycles. The van der Waals surface area contributed by atoms with E-state index in [-0.39, 0.29) is 35.6 Å². The Bertz CT molecular complexity index is 985. The Hall–Kier alpha value is -0.890. The van der Waals surface area contributed by atoms with Gasteiger partial charge in [-0.2, -0.15) is 6.08 Å². The standard InChI is InChI=1S/C21H25.C5H5.CH2.2ClH.Hf/c1-20(2,3)15-11-10-14-12-18-16(17(14)13-15)8-7-9-19(18)21(4,5)6;1-2-4-5-3-1;;;;/h7-13H,1-6H3;1-3H,4H2;1H2;2*1H;/q2*-1;;;;+2/p-2. The third kappa shape index (κ3) is 7.08. The van der Waals surface area contributed by atoms with Crippen LogP contribution in [0.5, 0.6) is 0 Å². The summed E-state index contributed by atoms with van der Waals surface area (Å²) in [5.41, 5.74) is 3.22. The Morgan fingerprint density at radius 3 is 2.03 bits per heavy atom. The minimum atomic E-state index is 0. The van der Waals surface area contributed by atoms with Crippen molar-refractivity contribution in [3.8, 4) is 0 Å². The van der Waals surface area contributed by atoms with Crippen molar-refractivity contribution in [2.24, 2.45) is 0 Å². The Morgan fingerprint density at radius 2 is 1.57 bits per heavy atom. The summed E-state index contributed by atoms with van der Waals surface area (Å²) in [6.45, 7) is 13.7. The van der Waals surface area contributed by atoms with Crippen molar-refractivity contribution >= 4 is 25.8 Å². The molecule has 4 rings (SSSR count). The van der Waals surface area contributed by atoms with Gasteiger partial charge in [0.1, 0.15) is 0 Å². The first-order valence-corrected chi connectivity index (χ1v) is 12.4. The molecule has 0 nitrogen and oxygen atoms in total. The van der Waals surface area contributed by atoms with E-state index >= 15 is 0 Å². The molecule has 0 saturated heterocycles. The van der Waals surface area contributed by atoms with Crippen LogP contribution in [-0.2, 0) is 34.7 Å². The molecule has 160 valence electrons. The van der Waals surface area contributed by atoms with Gasteiger partial charge in [0, 0.05) is 0 Å². The first-order chi connectivity index (χ1) is 13.2. The van der Waals surface area contributed by atoms with Gasteiger partial charge >= 0.3 is 28.2 Å².